The summed E-state index contributed by atoms with van der Waals surface area (Å²) in [6.07, 6.45) is -0.771. The van der Waals surface area contributed by atoms with Crippen molar-refractivity contribution < 1.29 is 19.3 Å². The van der Waals surface area contributed by atoms with Crippen molar-refractivity contribution in [1.82, 2.24) is 4.90 Å². The van der Waals surface area contributed by atoms with Crippen molar-refractivity contribution in [2.75, 3.05) is 20.1 Å². The van der Waals surface area contributed by atoms with Crippen LogP contribution in [-0.2, 0) is 16.0 Å². The molecule has 1 aliphatic heterocycles. The third-order valence-corrected chi connectivity index (χ3v) is 4.89. The molecule has 1 aliphatic rings. The summed E-state index contributed by atoms with van der Waals surface area (Å²) < 4.78 is -0.576. The second-order valence-corrected chi connectivity index (χ2v) is 7.69. The molecule has 0 radical (unpaired) electrons. The van der Waals surface area contributed by atoms with Crippen molar-refractivity contribution in [2.45, 2.75) is 45.4 Å². The molecule has 0 saturated carbocycles. The van der Waals surface area contributed by atoms with Crippen molar-refractivity contribution in [2.24, 2.45) is 11.7 Å². The van der Waals surface area contributed by atoms with Crippen molar-refractivity contribution in [3.8, 4) is 0 Å². The van der Waals surface area contributed by atoms with Gasteiger partial charge in [0.25, 0.3) is 5.91 Å². The van der Waals surface area contributed by atoms with Gasteiger partial charge in [0.05, 0.1) is 19.6 Å². The van der Waals surface area contributed by atoms with E-state index in [2.05, 4.69) is 0 Å². The van der Waals surface area contributed by atoms with Gasteiger partial charge in [-0.2, -0.15) is 0 Å². The molecule has 1 heterocycles. The summed E-state index contributed by atoms with van der Waals surface area (Å²) >= 11 is 0. The van der Waals surface area contributed by atoms with E-state index in [9.17, 15) is 19.9 Å². The number of hydrogen-bond donors (Lipinski definition) is 2. The fraction of sp³-hybridized carbons (Fsp3) is 0.579. The molecule has 2 amide bonds. The van der Waals surface area contributed by atoms with E-state index in [0.29, 0.717) is 13.0 Å². The maximum absolute atomic E-state index is 13.0. The number of rotatable bonds is 4. The van der Waals surface area contributed by atoms with Gasteiger partial charge in [0.2, 0.25) is 5.91 Å². The molecule has 1 aromatic rings. The van der Waals surface area contributed by atoms with Crippen LogP contribution in [0.4, 0.5) is 0 Å². The number of fused-ring (bicyclic) bond motifs is 1. The molecule has 0 aromatic heterocycles. The van der Waals surface area contributed by atoms with Crippen LogP contribution in [0.5, 0.6) is 0 Å². The lowest BCUT2D eigenvalue weighted by atomic mass is 9.96. The van der Waals surface area contributed by atoms with E-state index in [4.69, 9.17) is 5.73 Å². The zero-order valence-electron chi connectivity index (χ0n) is 15.9. The van der Waals surface area contributed by atoms with E-state index in [1.807, 2.05) is 24.3 Å². The van der Waals surface area contributed by atoms with Gasteiger partial charge in [-0.1, -0.05) is 38.1 Å². The Balaban J connectivity index is 2.57. The molecule has 3 N–H and O–H groups in total. The van der Waals surface area contributed by atoms with E-state index >= 15 is 0 Å². The second-order valence-electron chi connectivity index (χ2n) is 7.69. The van der Waals surface area contributed by atoms with Crippen LogP contribution in [0.15, 0.2) is 24.3 Å². The maximum Gasteiger partial charge on any atom is 0.259 e. The van der Waals surface area contributed by atoms with Gasteiger partial charge in [0.1, 0.15) is 18.7 Å². The van der Waals surface area contributed by atoms with Gasteiger partial charge < -0.3 is 20.7 Å². The number of imide groups is 1. The van der Waals surface area contributed by atoms with Gasteiger partial charge in [0, 0.05) is 6.42 Å². The molecule has 1 aromatic carbocycles. The first-order valence-electron chi connectivity index (χ1n) is 8.99. The number of benzene rings is 1. The first-order valence-corrected chi connectivity index (χ1v) is 8.99. The summed E-state index contributed by atoms with van der Waals surface area (Å²) in [7, 11) is 1.54. The quantitative estimate of drug-likeness (QED) is 0.612. The number of hydroxylamine groups is 3. The highest BCUT2D eigenvalue weighted by atomic mass is 16.5. The minimum Gasteiger partial charge on any atom is -0.633 e. The first-order chi connectivity index (χ1) is 12.0. The number of quaternary nitrogens is 1. The van der Waals surface area contributed by atoms with Gasteiger partial charge in [-0.25, -0.2) is 0 Å². The Morgan fingerprint density at radius 2 is 1.88 bits per heavy atom. The second kappa shape index (κ2) is 7.84. The zero-order chi connectivity index (χ0) is 19.6. The van der Waals surface area contributed by atoms with E-state index in [1.54, 1.807) is 13.8 Å². The van der Waals surface area contributed by atoms with Crippen LogP contribution in [0.25, 0.3) is 0 Å². The van der Waals surface area contributed by atoms with Crippen LogP contribution in [0.2, 0.25) is 0 Å². The molecule has 0 spiro atoms. The highest BCUT2D eigenvalue weighted by molar-refractivity contribution is 6.00. The Morgan fingerprint density at radius 3 is 2.46 bits per heavy atom. The number of carbonyl (C=O) groups is 2. The lowest BCUT2D eigenvalue weighted by molar-refractivity contribution is -0.862. The molecule has 144 valence electrons. The van der Waals surface area contributed by atoms with E-state index in [-0.39, 0.29) is 12.5 Å². The van der Waals surface area contributed by atoms with E-state index in [0.717, 1.165) is 16.0 Å². The van der Waals surface area contributed by atoms with E-state index < -0.39 is 34.6 Å². The SMILES string of the molecule is CC(C)[C@H](O)C(=O)N(C(=O)[C@H](C)N)[C@@H]1C[N+](C)([O-])CCc2ccccc21. The van der Waals surface area contributed by atoms with Gasteiger partial charge in [0.15, 0.2) is 0 Å². The van der Waals surface area contributed by atoms with Crippen LogP contribution in [0.3, 0.4) is 0 Å². The maximum atomic E-state index is 13.0. The van der Waals surface area contributed by atoms with Crippen molar-refractivity contribution in [1.29, 1.82) is 0 Å². The van der Waals surface area contributed by atoms with Gasteiger partial charge in [-0.3, -0.25) is 14.5 Å². The first kappa shape index (κ1) is 20.5. The summed E-state index contributed by atoms with van der Waals surface area (Å²) in [5.74, 6) is -1.65. The molecular weight excluding hydrogens is 334 g/mol. The molecule has 4 atom stereocenters. The number of aliphatic hydroxyl groups is 1. The molecule has 7 nitrogen and oxygen atoms in total. The smallest absolute Gasteiger partial charge is 0.259 e. The molecule has 0 fully saturated rings. The number of amides is 2. The van der Waals surface area contributed by atoms with Crippen molar-refractivity contribution >= 4 is 11.8 Å². The molecule has 7 heteroatoms. The fourth-order valence-electron chi connectivity index (χ4n) is 3.28. The average Bonchev–Trinajstić information content (AvgIpc) is 2.71. The lowest BCUT2D eigenvalue weighted by Crippen LogP contribution is -2.55. The predicted molar refractivity (Wildman–Crippen MR) is 98.5 cm³/mol. The molecule has 0 aliphatic carbocycles. The molecular formula is C19H29N3O4. The van der Waals surface area contributed by atoms with Gasteiger partial charge in [-0.15, -0.1) is 0 Å². The third kappa shape index (κ3) is 4.29. The molecule has 0 saturated heterocycles. The monoisotopic (exact) mass is 363 g/mol. The minimum absolute atomic E-state index is 0.0338. The average molecular weight is 363 g/mol. The standard InChI is InChI=1S/C19H29N3O4/c1-12(2)17(23)19(25)21(18(24)13(3)20)16-11-22(4,26)10-9-14-7-5-6-8-15(14)16/h5-8,12-13,16-17,23H,9-11,20H2,1-4H3/t13-,16+,17-,22?/m0/s1. The molecule has 2 rings (SSSR count). The molecule has 0 bridgehead atoms. The topological polar surface area (TPSA) is 107 Å². The number of hydrogen-bond acceptors (Lipinski definition) is 5. The molecule has 1 unspecified atom stereocenters. The Morgan fingerprint density at radius 1 is 1.27 bits per heavy atom. The van der Waals surface area contributed by atoms with Crippen LogP contribution < -0.4 is 5.73 Å². The van der Waals surface area contributed by atoms with Gasteiger partial charge in [-0.05, 0) is 24.0 Å². The predicted octanol–water partition coefficient (Wildman–Crippen LogP) is 0.948. The third-order valence-electron chi connectivity index (χ3n) is 4.89. The Bertz CT molecular complexity index is 673. The largest absolute Gasteiger partial charge is 0.633 e. The number of nitrogens with zero attached hydrogens (tertiary/aromatic N) is 2. The number of carbonyl (C=O) groups excluding carboxylic acids is 2. The van der Waals surface area contributed by atoms with Crippen molar-refractivity contribution in [3.63, 3.8) is 0 Å². The normalized spacial score (nSPS) is 25.2. The number of likely N-dealkylation sites (N-methyl/N-ethyl adjacent to an activating group) is 1. The van der Waals surface area contributed by atoms with Crippen molar-refractivity contribution in [3.05, 3.63) is 40.6 Å². The molecule has 26 heavy (non-hydrogen) atoms. The highest BCUT2D eigenvalue weighted by Crippen LogP contribution is 2.32. The highest BCUT2D eigenvalue weighted by Gasteiger charge is 2.41. The lowest BCUT2D eigenvalue weighted by Gasteiger charge is -2.42. The zero-order valence-corrected chi connectivity index (χ0v) is 15.9. The Hall–Kier alpha value is -1.80. The Labute approximate surface area is 154 Å². The number of nitrogens with two attached hydrogens (primary N) is 1. The van der Waals surface area contributed by atoms with Crippen LogP contribution in [0.1, 0.15) is 37.9 Å². The fourth-order valence-corrected chi connectivity index (χ4v) is 3.28. The van der Waals surface area contributed by atoms with Crippen LogP contribution in [0, 0.1) is 11.1 Å². The van der Waals surface area contributed by atoms with Gasteiger partial charge >= 0.3 is 0 Å². The summed E-state index contributed by atoms with van der Waals surface area (Å²) in [6, 6.07) is 5.77. The summed E-state index contributed by atoms with van der Waals surface area (Å²) in [4.78, 5) is 26.8. The minimum atomic E-state index is -1.33. The van der Waals surface area contributed by atoms with Crippen LogP contribution in [-0.4, -0.2) is 58.8 Å². The Kier molecular flexibility index (Phi) is 6.18. The number of aliphatic hydroxyl groups excluding tert-OH is 1. The summed E-state index contributed by atoms with van der Waals surface area (Å²) in [5, 5.41) is 23.1. The summed E-state index contributed by atoms with van der Waals surface area (Å²) in [6.45, 7) is 5.29. The van der Waals surface area contributed by atoms with E-state index in [1.165, 1.54) is 14.0 Å². The van der Waals surface area contributed by atoms with Crippen LogP contribution >= 0.6 is 0 Å². The summed E-state index contributed by atoms with van der Waals surface area (Å²) in [5.41, 5.74) is 7.48.